The molecule has 0 aliphatic heterocycles. The van der Waals surface area contributed by atoms with Crippen LogP contribution >= 0.6 is 0 Å². The SMILES string of the molecule is C=CC(C)(C)C(C)C(=C)C.CC. The van der Waals surface area contributed by atoms with E-state index in [0.29, 0.717) is 5.92 Å². The molecule has 0 saturated carbocycles. The van der Waals surface area contributed by atoms with Crippen molar-refractivity contribution in [3.8, 4) is 0 Å². The standard InChI is InChI=1S/C10H18.C2H6/c1-7-10(5,6)9(4)8(2)3;1-2/h7,9H,1-2H2,3-6H3;1-2H3. The second-order valence-electron chi connectivity index (χ2n) is 3.59. The van der Waals surface area contributed by atoms with Crippen molar-refractivity contribution in [3.05, 3.63) is 24.8 Å². The van der Waals surface area contributed by atoms with Gasteiger partial charge < -0.3 is 0 Å². The highest BCUT2D eigenvalue weighted by Gasteiger charge is 2.21. The van der Waals surface area contributed by atoms with E-state index in [4.69, 9.17) is 0 Å². The van der Waals surface area contributed by atoms with Crippen molar-refractivity contribution in [2.75, 3.05) is 0 Å². The molecule has 12 heavy (non-hydrogen) atoms. The molecule has 0 aromatic carbocycles. The van der Waals surface area contributed by atoms with Gasteiger partial charge in [0.05, 0.1) is 0 Å². The van der Waals surface area contributed by atoms with Crippen molar-refractivity contribution in [2.24, 2.45) is 11.3 Å². The molecule has 0 aromatic heterocycles. The van der Waals surface area contributed by atoms with E-state index >= 15 is 0 Å². The normalized spacial score (nSPS) is 12.5. The van der Waals surface area contributed by atoms with E-state index in [-0.39, 0.29) is 5.41 Å². The van der Waals surface area contributed by atoms with Crippen LogP contribution in [0.4, 0.5) is 0 Å². The van der Waals surface area contributed by atoms with Crippen LogP contribution in [0.2, 0.25) is 0 Å². The smallest absolute Gasteiger partial charge is 0.0115 e. The van der Waals surface area contributed by atoms with Crippen LogP contribution in [0.5, 0.6) is 0 Å². The first-order valence-electron chi connectivity index (χ1n) is 4.71. The Labute approximate surface area is 78.4 Å². The summed E-state index contributed by atoms with van der Waals surface area (Å²) in [7, 11) is 0. The first-order valence-corrected chi connectivity index (χ1v) is 4.71. The monoisotopic (exact) mass is 168 g/mol. The maximum Gasteiger partial charge on any atom is -0.0115 e. The average Bonchev–Trinajstić information content (AvgIpc) is 2.06. The Morgan fingerprint density at radius 1 is 1.33 bits per heavy atom. The lowest BCUT2D eigenvalue weighted by atomic mass is 9.77. The zero-order chi connectivity index (χ0) is 10.4. The topological polar surface area (TPSA) is 0 Å². The zero-order valence-electron chi connectivity index (χ0n) is 9.57. The highest BCUT2D eigenvalue weighted by Crippen LogP contribution is 2.31. The van der Waals surface area contributed by atoms with Gasteiger partial charge in [0.25, 0.3) is 0 Å². The Kier molecular flexibility index (Phi) is 7.07. The summed E-state index contributed by atoms with van der Waals surface area (Å²) >= 11 is 0. The molecule has 0 N–H and O–H groups in total. The molecule has 0 amide bonds. The Balaban J connectivity index is 0. The summed E-state index contributed by atoms with van der Waals surface area (Å²) in [4.78, 5) is 0. The summed E-state index contributed by atoms with van der Waals surface area (Å²) < 4.78 is 0. The Morgan fingerprint density at radius 2 is 1.67 bits per heavy atom. The quantitative estimate of drug-likeness (QED) is 0.547. The van der Waals surface area contributed by atoms with E-state index in [1.165, 1.54) is 5.57 Å². The summed E-state index contributed by atoms with van der Waals surface area (Å²) in [5.41, 5.74) is 1.41. The molecule has 0 heterocycles. The van der Waals surface area contributed by atoms with Gasteiger partial charge in [-0.25, -0.2) is 0 Å². The third-order valence-electron chi connectivity index (χ3n) is 2.38. The maximum atomic E-state index is 3.92. The summed E-state index contributed by atoms with van der Waals surface area (Å²) in [5, 5.41) is 0. The molecule has 0 heteroatoms. The Morgan fingerprint density at radius 3 is 1.75 bits per heavy atom. The van der Waals surface area contributed by atoms with Crippen LogP contribution in [0.3, 0.4) is 0 Å². The first-order chi connectivity index (χ1) is 5.41. The molecule has 0 rings (SSSR count). The van der Waals surface area contributed by atoms with Crippen LogP contribution in [0.25, 0.3) is 0 Å². The van der Waals surface area contributed by atoms with Gasteiger partial charge in [0, 0.05) is 0 Å². The van der Waals surface area contributed by atoms with E-state index in [1.807, 2.05) is 19.9 Å². The Hall–Kier alpha value is -0.520. The molecule has 0 nitrogen and oxygen atoms in total. The predicted molar refractivity (Wildman–Crippen MR) is 59.3 cm³/mol. The predicted octanol–water partition coefficient (Wildman–Crippen LogP) is 4.44. The van der Waals surface area contributed by atoms with Gasteiger partial charge in [0.15, 0.2) is 0 Å². The molecule has 0 spiro atoms. The fraction of sp³-hybridized carbons (Fsp3) is 0.667. The minimum atomic E-state index is 0.186. The van der Waals surface area contributed by atoms with E-state index in [1.54, 1.807) is 0 Å². The lowest BCUT2D eigenvalue weighted by molar-refractivity contribution is 0.353. The molecular weight excluding hydrogens is 144 g/mol. The third kappa shape index (κ3) is 4.38. The van der Waals surface area contributed by atoms with Crippen LogP contribution in [0, 0.1) is 11.3 Å². The average molecular weight is 168 g/mol. The number of hydrogen-bond acceptors (Lipinski definition) is 0. The van der Waals surface area contributed by atoms with E-state index in [2.05, 4.69) is 40.9 Å². The molecule has 0 aliphatic rings. The second kappa shape index (κ2) is 6.05. The number of rotatable bonds is 3. The van der Waals surface area contributed by atoms with Gasteiger partial charge in [-0.15, -0.1) is 6.58 Å². The van der Waals surface area contributed by atoms with E-state index < -0.39 is 0 Å². The van der Waals surface area contributed by atoms with Crippen LogP contribution < -0.4 is 0 Å². The van der Waals surface area contributed by atoms with Crippen LogP contribution in [-0.4, -0.2) is 0 Å². The van der Waals surface area contributed by atoms with Gasteiger partial charge in [0.2, 0.25) is 0 Å². The molecular formula is C12H24. The van der Waals surface area contributed by atoms with E-state index in [0.717, 1.165) is 0 Å². The molecule has 0 aromatic rings. The maximum absolute atomic E-state index is 3.92. The fourth-order valence-electron chi connectivity index (χ4n) is 0.812. The van der Waals surface area contributed by atoms with Crippen molar-refractivity contribution in [1.29, 1.82) is 0 Å². The molecule has 1 unspecified atom stereocenters. The van der Waals surface area contributed by atoms with Gasteiger partial charge in [-0.3, -0.25) is 0 Å². The van der Waals surface area contributed by atoms with Gasteiger partial charge >= 0.3 is 0 Å². The molecule has 1 atom stereocenters. The largest absolute Gasteiger partial charge is 0.103 e. The molecule has 0 fully saturated rings. The van der Waals surface area contributed by atoms with Gasteiger partial charge in [-0.05, 0) is 18.3 Å². The molecule has 72 valence electrons. The molecule has 0 aliphatic carbocycles. The van der Waals surface area contributed by atoms with Crippen molar-refractivity contribution >= 4 is 0 Å². The molecule has 0 bridgehead atoms. The lowest BCUT2D eigenvalue weighted by Gasteiger charge is -2.28. The minimum absolute atomic E-state index is 0.186. The summed E-state index contributed by atoms with van der Waals surface area (Å²) in [6.45, 7) is 20.3. The first kappa shape index (κ1) is 14.0. The van der Waals surface area contributed by atoms with Crippen molar-refractivity contribution in [3.63, 3.8) is 0 Å². The number of allylic oxidation sites excluding steroid dienone is 2. The Bertz CT molecular complexity index is 140. The van der Waals surface area contributed by atoms with Gasteiger partial charge in [-0.2, -0.15) is 0 Å². The third-order valence-corrected chi connectivity index (χ3v) is 2.38. The van der Waals surface area contributed by atoms with Gasteiger partial charge in [0.1, 0.15) is 0 Å². The molecule has 0 saturated heterocycles. The summed E-state index contributed by atoms with van der Waals surface area (Å²) in [6.07, 6.45) is 1.99. The van der Waals surface area contributed by atoms with Crippen LogP contribution in [0.15, 0.2) is 24.8 Å². The van der Waals surface area contributed by atoms with Gasteiger partial charge in [-0.1, -0.05) is 52.8 Å². The van der Waals surface area contributed by atoms with Crippen LogP contribution in [0.1, 0.15) is 41.5 Å². The number of hydrogen-bond donors (Lipinski definition) is 0. The van der Waals surface area contributed by atoms with Crippen LogP contribution in [-0.2, 0) is 0 Å². The zero-order valence-corrected chi connectivity index (χ0v) is 9.57. The highest BCUT2D eigenvalue weighted by molar-refractivity contribution is 5.05. The van der Waals surface area contributed by atoms with Crippen molar-refractivity contribution in [1.82, 2.24) is 0 Å². The highest BCUT2D eigenvalue weighted by atomic mass is 14.3. The summed E-state index contributed by atoms with van der Waals surface area (Å²) in [6, 6.07) is 0. The lowest BCUT2D eigenvalue weighted by Crippen LogP contribution is -2.18. The second-order valence-corrected chi connectivity index (χ2v) is 3.59. The fourth-order valence-corrected chi connectivity index (χ4v) is 0.812. The van der Waals surface area contributed by atoms with Crippen molar-refractivity contribution in [2.45, 2.75) is 41.5 Å². The van der Waals surface area contributed by atoms with Crippen molar-refractivity contribution < 1.29 is 0 Å². The van der Waals surface area contributed by atoms with E-state index in [9.17, 15) is 0 Å². The molecule has 0 radical (unpaired) electrons. The summed E-state index contributed by atoms with van der Waals surface area (Å²) in [5.74, 6) is 0.519. The minimum Gasteiger partial charge on any atom is -0.103 e.